The van der Waals surface area contributed by atoms with E-state index in [1.165, 1.54) is 16.3 Å². The van der Waals surface area contributed by atoms with Crippen molar-refractivity contribution in [2.24, 2.45) is 0 Å². The summed E-state index contributed by atoms with van der Waals surface area (Å²) in [5.41, 5.74) is 2.07. The summed E-state index contributed by atoms with van der Waals surface area (Å²) in [6.45, 7) is 4.19. The monoisotopic (exact) mass is 454 g/mol. The van der Waals surface area contributed by atoms with Crippen molar-refractivity contribution in [1.82, 2.24) is 9.80 Å². The Balaban J connectivity index is 1.28. The van der Waals surface area contributed by atoms with Gasteiger partial charge in [0.05, 0.1) is 12.5 Å². The molecule has 3 aromatic carbocycles. The summed E-state index contributed by atoms with van der Waals surface area (Å²) in [6.07, 6.45) is 0.598. The van der Waals surface area contributed by atoms with E-state index in [-0.39, 0.29) is 31.1 Å². The highest BCUT2D eigenvalue weighted by Gasteiger charge is 2.23. The molecule has 0 radical (unpaired) electrons. The number of hydrogen-bond acceptors (Lipinski definition) is 4. The smallest absolute Gasteiger partial charge is 0.227 e. The van der Waals surface area contributed by atoms with Gasteiger partial charge >= 0.3 is 0 Å². The molecule has 0 aromatic heterocycles. The zero-order chi connectivity index (χ0) is 23.8. The molecule has 0 unspecified atom stereocenters. The first-order valence-electron chi connectivity index (χ1n) is 11.8. The van der Waals surface area contributed by atoms with E-state index in [4.69, 9.17) is 5.26 Å². The number of nitrogens with zero attached hydrogens (tertiary/aromatic N) is 4. The van der Waals surface area contributed by atoms with Gasteiger partial charge in [-0.1, -0.05) is 60.7 Å². The Labute approximate surface area is 201 Å². The molecule has 4 rings (SSSR count). The third kappa shape index (κ3) is 5.81. The molecule has 174 valence electrons. The van der Waals surface area contributed by atoms with Gasteiger partial charge in [0.25, 0.3) is 0 Å². The van der Waals surface area contributed by atoms with Crippen LogP contribution in [0.1, 0.15) is 24.8 Å². The number of para-hydroxylation sites is 1. The molecule has 6 heteroatoms. The van der Waals surface area contributed by atoms with Gasteiger partial charge in [-0.25, -0.2) is 0 Å². The lowest BCUT2D eigenvalue weighted by Crippen LogP contribution is -2.48. The van der Waals surface area contributed by atoms with Gasteiger partial charge in [0.15, 0.2) is 0 Å². The number of fused-ring (bicyclic) bond motifs is 1. The maximum absolute atomic E-state index is 12.8. The van der Waals surface area contributed by atoms with E-state index in [9.17, 15) is 9.59 Å². The first kappa shape index (κ1) is 23.5. The summed E-state index contributed by atoms with van der Waals surface area (Å²) in [5, 5.41) is 11.5. The Morgan fingerprint density at radius 2 is 1.56 bits per heavy atom. The summed E-state index contributed by atoms with van der Waals surface area (Å²) in [4.78, 5) is 31.5. The second kappa shape index (κ2) is 11.4. The summed E-state index contributed by atoms with van der Waals surface area (Å²) in [6, 6.07) is 26.3. The van der Waals surface area contributed by atoms with Crippen LogP contribution >= 0.6 is 0 Å². The molecule has 0 atom stereocenters. The van der Waals surface area contributed by atoms with Crippen molar-refractivity contribution in [3.05, 3.63) is 78.4 Å². The van der Waals surface area contributed by atoms with Crippen LogP contribution in [0, 0.1) is 11.3 Å². The summed E-state index contributed by atoms with van der Waals surface area (Å²) >= 11 is 0. The Hall–Kier alpha value is -3.69. The van der Waals surface area contributed by atoms with Crippen molar-refractivity contribution in [2.75, 3.05) is 37.6 Å². The van der Waals surface area contributed by atoms with Crippen LogP contribution in [-0.2, 0) is 16.1 Å². The lowest BCUT2D eigenvalue weighted by Gasteiger charge is -2.35. The zero-order valence-electron chi connectivity index (χ0n) is 19.4. The standard InChI is InChI=1S/C28H30N4O2/c29-16-7-17-32(25-11-2-1-3-12-25)28(34)15-14-27(33)31-20-18-30(19-21-31)22-24-10-6-9-23-8-4-5-13-26(23)24/h1-6,8-13H,7,14-15,17-22H2. The van der Waals surface area contributed by atoms with E-state index in [0.29, 0.717) is 19.6 Å². The lowest BCUT2D eigenvalue weighted by atomic mass is 10.0. The van der Waals surface area contributed by atoms with Crippen LogP contribution in [0.15, 0.2) is 72.8 Å². The van der Waals surface area contributed by atoms with Crippen LogP contribution in [0.5, 0.6) is 0 Å². The minimum atomic E-state index is -0.121. The molecule has 0 saturated carbocycles. The molecule has 0 aliphatic carbocycles. The Bertz CT molecular complexity index is 1160. The second-order valence-corrected chi connectivity index (χ2v) is 8.58. The Morgan fingerprint density at radius 1 is 0.853 bits per heavy atom. The summed E-state index contributed by atoms with van der Waals surface area (Å²) < 4.78 is 0. The van der Waals surface area contributed by atoms with E-state index >= 15 is 0 Å². The number of nitriles is 1. The van der Waals surface area contributed by atoms with Gasteiger partial charge < -0.3 is 9.80 Å². The Morgan fingerprint density at radius 3 is 2.32 bits per heavy atom. The van der Waals surface area contributed by atoms with E-state index in [1.54, 1.807) is 4.90 Å². The van der Waals surface area contributed by atoms with Crippen LogP contribution in [0.4, 0.5) is 5.69 Å². The number of carbonyl (C=O) groups excluding carboxylic acids is 2. The lowest BCUT2D eigenvalue weighted by molar-refractivity contribution is -0.134. The van der Waals surface area contributed by atoms with Gasteiger partial charge in [-0.3, -0.25) is 14.5 Å². The number of benzene rings is 3. The maximum atomic E-state index is 12.8. The van der Waals surface area contributed by atoms with Gasteiger partial charge in [-0.05, 0) is 28.5 Å². The third-order valence-electron chi connectivity index (χ3n) is 6.37. The van der Waals surface area contributed by atoms with Crippen LogP contribution in [0.25, 0.3) is 10.8 Å². The largest absolute Gasteiger partial charge is 0.340 e. The molecule has 0 bridgehead atoms. The molecule has 1 aliphatic rings. The number of hydrogen-bond donors (Lipinski definition) is 0. The fourth-order valence-electron chi connectivity index (χ4n) is 4.50. The van der Waals surface area contributed by atoms with Gasteiger partial charge in [-0.2, -0.15) is 5.26 Å². The molecule has 2 amide bonds. The molecule has 0 spiro atoms. The van der Waals surface area contributed by atoms with Crippen molar-refractivity contribution >= 4 is 28.3 Å². The number of carbonyl (C=O) groups is 2. The van der Waals surface area contributed by atoms with Gasteiger partial charge in [-0.15, -0.1) is 0 Å². The highest BCUT2D eigenvalue weighted by Crippen LogP contribution is 2.21. The van der Waals surface area contributed by atoms with Crippen molar-refractivity contribution in [3.63, 3.8) is 0 Å². The number of rotatable bonds is 8. The van der Waals surface area contributed by atoms with E-state index < -0.39 is 0 Å². The topological polar surface area (TPSA) is 67.6 Å². The molecular formula is C28H30N4O2. The van der Waals surface area contributed by atoms with E-state index in [2.05, 4.69) is 53.4 Å². The van der Waals surface area contributed by atoms with Crippen molar-refractivity contribution in [2.45, 2.75) is 25.8 Å². The molecule has 1 fully saturated rings. The number of anilines is 1. The van der Waals surface area contributed by atoms with E-state index in [1.807, 2.05) is 35.2 Å². The molecular weight excluding hydrogens is 424 g/mol. The molecule has 3 aromatic rings. The zero-order valence-corrected chi connectivity index (χ0v) is 19.4. The average Bonchev–Trinajstić information content (AvgIpc) is 2.89. The normalized spacial score (nSPS) is 14.0. The number of piperazine rings is 1. The molecule has 6 nitrogen and oxygen atoms in total. The fraction of sp³-hybridized carbons (Fsp3) is 0.321. The van der Waals surface area contributed by atoms with Crippen molar-refractivity contribution < 1.29 is 9.59 Å². The minimum absolute atomic E-state index is 0.0199. The van der Waals surface area contributed by atoms with Crippen LogP contribution < -0.4 is 4.90 Å². The molecule has 1 heterocycles. The van der Waals surface area contributed by atoms with Crippen LogP contribution in [0.2, 0.25) is 0 Å². The van der Waals surface area contributed by atoms with Crippen molar-refractivity contribution in [1.29, 1.82) is 5.26 Å². The predicted octanol–water partition coefficient (Wildman–Crippen LogP) is 4.21. The first-order chi connectivity index (χ1) is 16.7. The van der Waals surface area contributed by atoms with Gasteiger partial charge in [0, 0.05) is 57.8 Å². The predicted molar refractivity (Wildman–Crippen MR) is 134 cm³/mol. The van der Waals surface area contributed by atoms with Crippen molar-refractivity contribution in [3.8, 4) is 6.07 Å². The number of amides is 2. The summed E-state index contributed by atoms with van der Waals surface area (Å²) in [5.74, 6) is -0.101. The molecule has 0 N–H and O–H groups in total. The van der Waals surface area contributed by atoms with Crippen LogP contribution in [0.3, 0.4) is 0 Å². The quantitative estimate of drug-likeness (QED) is 0.511. The molecule has 1 saturated heterocycles. The average molecular weight is 455 g/mol. The SMILES string of the molecule is N#CCCN(C(=O)CCC(=O)N1CCN(Cc2cccc3ccccc23)CC1)c1ccccc1. The van der Waals surface area contributed by atoms with Gasteiger partial charge in [0.1, 0.15) is 0 Å². The molecule has 34 heavy (non-hydrogen) atoms. The maximum Gasteiger partial charge on any atom is 0.227 e. The summed E-state index contributed by atoms with van der Waals surface area (Å²) in [7, 11) is 0. The highest BCUT2D eigenvalue weighted by atomic mass is 16.2. The first-order valence-corrected chi connectivity index (χ1v) is 11.8. The molecule has 1 aliphatic heterocycles. The fourth-order valence-corrected chi connectivity index (χ4v) is 4.50. The second-order valence-electron chi connectivity index (χ2n) is 8.58. The third-order valence-corrected chi connectivity index (χ3v) is 6.37. The van der Waals surface area contributed by atoms with Crippen LogP contribution in [-0.4, -0.2) is 54.3 Å². The highest BCUT2D eigenvalue weighted by molar-refractivity contribution is 5.95. The Kier molecular flexibility index (Phi) is 7.90. The van der Waals surface area contributed by atoms with Gasteiger partial charge in [0.2, 0.25) is 11.8 Å². The van der Waals surface area contributed by atoms with E-state index in [0.717, 1.165) is 25.3 Å². The minimum Gasteiger partial charge on any atom is -0.340 e.